The van der Waals surface area contributed by atoms with Crippen molar-refractivity contribution in [2.24, 2.45) is 5.92 Å². The molecule has 1 atom stereocenters. The monoisotopic (exact) mass is 466 g/mol. The van der Waals surface area contributed by atoms with E-state index < -0.39 is 39.3 Å². The van der Waals surface area contributed by atoms with Crippen LogP contribution in [0, 0.1) is 23.4 Å². The number of amides is 1. The lowest BCUT2D eigenvalue weighted by molar-refractivity contribution is -0.121. The third-order valence-corrected chi connectivity index (χ3v) is 6.90. The highest BCUT2D eigenvalue weighted by molar-refractivity contribution is 7.89. The van der Waals surface area contributed by atoms with Gasteiger partial charge < -0.3 is 4.42 Å². The predicted molar refractivity (Wildman–Crippen MR) is 106 cm³/mol. The van der Waals surface area contributed by atoms with Crippen molar-refractivity contribution in [1.29, 1.82) is 0 Å². The molecule has 2 heterocycles. The summed E-state index contributed by atoms with van der Waals surface area (Å²) in [5.41, 5.74) is -0.131. The number of anilines is 1. The lowest BCUT2D eigenvalue weighted by Gasteiger charge is -2.30. The van der Waals surface area contributed by atoms with Gasteiger partial charge >= 0.3 is 6.01 Å². The zero-order valence-electron chi connectivity index (χ0n) is 16.5. The largest absolute Gasteiger partial charge is 0.403 e. The van der Waals surface area contributed by atoms with Crippen molar-refractivity contribution in [3.8, 4) is 11.5 Å². The van der Waals surface area contributed by atoms with Gasteiger partial charge in [0.25, 0.3) is 5.89 Å². The predicted octanol–water partition coefficient (Wildman–Crippen LogP) is 3.19. The molecule has 32 heavy (non-hydrogen) atoms. The van der Waals surface area contributed by atoms with Crippen molar-refractivity contribution in [2.75, 3.05) is 18.4 Å². The molecular formula is C20H17F3N4O4S. The Morgan fingerprint density at radius 2 is 1.78 bits per heavy atom. The molecule has 4 rings (SSSR count). The molecule has 0 aliphatic carbocycles. The number of piperidine rings is 1. The minimum Gasteiger partial charge on any atom is -0.403 e. The average Bonchev–Trinajstić information content (AvgIpc) is 3.22. The zero-order chi connectivity index (χ0) is 22.9. The summed E-state index contributed by atoms with van der Waals surface area (Å²) in [6, 6.07) is 6.97. The van der Waals surface area contributed by atoms with E-state index in [4.69, 9.17) is 4.42 Å². The van der Waals surface area contributed by atoms with E-state index in [-0.39, 0.29) is 35.5 Å². The second-order valence-corrected chi connectivity index (χ2v) is 9.12. The van der Waals surface area contributed by atoms with Gasteiger partial charge in [-0.2, -0.15) is 4.31 Å². The number of nitrogens with one attached hydrogen (secondary N) is 1. The van der Waals surface area contributed by atoms with E-state index >= 15 is 0 Å². The van der Waals surface area contributed by atoms with Gasteiger partial charge in [0, 0.05) is 19.2 Å². The molecule has 1 unspecified atom stereocenters. The Hall–Kier alpha value is -3.25. The molecule has 0 radical (unpaired) electrons. The highest BCUT2D eigenvalue weighted by Gasteiger charge is 2.34. The molecule has 0 spiro atoms. The molecule has 1 aromatic heterocycles. The Bertz CT molecular complexity index is 1250. The summed E-state index contributed by atoms with van der Waals surface area (Å²) >= 11 is 0. The summed E-state index contributed by atoms with van der Waals surface area (Å²) in [6.45, 7) is 0.136. The number of hydrogen-bond acceptors (Lipinski definition) is 6. The van der Waals surface area contributed by atoms with Crippen molar-refractivity contribution < 1.29 is 30.8 Å². The van der Waals surface area contributed by atoms with E-state index in [0.29, 0.717) is 18.9 Å². The molecule has 12 heteroatoms. The molecule has 1 fully saturated rings. The van der Waals surface area contributed by atoms with Crippen LogP contribution in [0.3, 0.4) is 0 Å². The fourth-order valence-electron chi connectivity index (χ4n) is 3.38. The van der Waals surface area contributed by atoms with Crippen LogP contribution in [-0.2, 0) is 14.8 Å². The molecular weight excluding hydrogens is 449 g/mol. The van der Waals surface area contributed by atoms with Gasteiger partial charge in [0.05, 0.1) is 16.4 Å². The lowest BCUT2D eigenvalue weighted by Crippen LogP contribution is -2.43. The third kappa shape index (κ3) is 4.50. The second-order valence-electron chi connectivity index (χ2n) is 7.18. The molecule has 0 bridgehead atoms. The molecule has 1 N–H and O–H groups in total. The maximum absolute atomic E-state index is 13.9. The Morgan fingerprint density at radius 3 is 2.50 bits per heavy atom. The number of hydrogen-bond donors (Lipinski definition) is 1. The standard InChI is InChI=1S/C20H17F3N4O4S/c21-13-3-6-15(7-4-13)32(29,30)27-9-1-2-12(11-27)18(28)24-20-26-25-19(31-20)16-8-5-14(22)10-17(16)23/h3-8,10,12H,1-2,9,11H2,(H,24,26,28). The number of nitrogens with zero attached hydrogens (tertiary/aromatic N) is 3. The normalized spacial score (nSPS) is 17.3. The fraction of sp³-hybridized carbons (Fsp3) is 0.250. The van der Waals surface area contributed by atoms with E-state index in [9.17, 15) is 26.4 Å². The lowest BCUT2D eigenvalue weighted by atomic mass is 9.99. The highest BCUT2D eigenvalue weighted by atomic mass is 32.2. The van der Waals surface area contributed by atoms with E-state index in [1.54, 1.807) is 0 Å². The summed E-state index contributed by atoms with van der Waals surface area (Å²) in [5, 5.41) is 9.69. The quantitative estimate of drug-likeness (QED) is 0.619. The molecule has 168 valence electrons. The fourth-order valence-corrected chi connectivity index (χ4v) is 4.91. The number of carbonyl (C=O) groups excluding carboxylic acids is 1. The van der Waals surface area contributed by atoms with Crippen LogP contribution >= 0.6 is 0 Å². The second kappa shape index (κ2) is 8.71. The van der Waals surface area contributed by atoms with Crippen LogP contribution in [0.1, 0.15) is 12.8 Å². The van der Waals surface area contributed by atoms with Gasteiger partial charge in [-0.3, -0.25) is 10.1 Å². The van der Waals surface area contributed by atoms with Crippen molar-refractivity contribution >= 4 is 21.9 Å². The van der Waals surface area contributed by atoms with Crippen LogP contribution in [0.5, 0.6) is 0 Å². The Kier molecular flexibility index (Phi) is 5.98. The molecule has 3 aromatic rings. The Balaban J connectivity index is 1.45. The van der Waals surface area contributed by atoms with Crippen LogP contribution in [0.15, 0.2) is 51.8 Å². The number of halogens is 3. The van der Waals surface area contributed by atoms with Crippen molar-refractivity contribution in [1.82, 2.24) is 14.5 Å². The van der Waals surface area contributed by atoms with Crippen molar-refractivity contribution in [3.05, 3.63) is 59.9 Å². The molecule has 0 saturated carbocycles. The molecule has 1 amide bonds. The number of benzene rings is 2. The van der Waals surface area contributed by atoms with Gasteiger partial charge in [-0.15, -0.1) is 5.10 Å². The minimum absolute atomic E-state index is 0.0668. The van der Waals surface area contributed by atoms with Crippen molar-refractivity contribution in [2.45, 2.75) is 17.7 Å². The zero-order valence-corrected chi connectivity index (χ0v) is 17.3. The number of carbonyl (C=O) groups is 1. The maximum Gasteiger partial charge on any atom is 0.322 e. The van der Waals surface area contributed by atoms with Crippen LogP contribution in [0.25, 0.3) is 11.5 Å². The van der Waals surface area contributed by atoms with Crippen LogP contribution in [-0.4, -0.2) is 41.9 Å². The molecule has 1 aliphatic heterocycles. The third-order valence-electron chi connectivity index (χ3n) is 5.02. The van der Waals surface area contributed by atoms with E-state index in [1.807, 2.05) is 0 Å². The summed E-state index contributed by atoms with van der Waals surface area (Å²) < 4.78 is 72.1. The number of aromatic nitrogens is 2. The minimum atomic E-state index is -3.90. The van der Waals surface area contributed by atoms with Crippen molar-refractivity contribution in [3.63, 3.8) is 0 Å². The molecule has 1 aliphatic rings. The molecule has 1 saturated heterocycles. The summed E-state index contributed by atoms with van der Waals surface area (Å²) in [5.74, 6) is -3.71. The van der Waals surface area contributed by atoms with E-state index in [1.165, 1.54) is 16.4 Å². The van der Waals surface area contributed by atoms with Crippen LogP contribution < -0.4 is 5.32 Å². The van der Waals surface area contributed by atoms with Gasteiger partial charge in [-0.1, -0.05) is 5.10 Å². The molecule has 8 nitrogen and oxygen atoms in total. The maximum atomic E-state index is 13.9. The summed E-state index contributed by atoms with van der Waals surface area (Å²) in [4.78, 5) is 12.6. The van der Waals surface area contributed by atoms with Gasteiger partial charge in [0.1, 0.15) is 17.5 Å². The highest BCUT2D eigenvalue weighted by Crippen LogP contribution is 2.26. The summed E-state index contributed by atoms with van der Waals surface area (Å²) in [6.07, 6.45) is 0.864. The smallest absolute Gasteiger partial charge is 0.322 e. The Morgan fingerprint density at radius 1 is 1.06 bits per heavy atom. The first-order valence-electron chi connectivity index (χ1n) is 9.59. The van der Waals surface area contributed by atoms with Gasteiger partial charge in [0.2, 0.25) is 15.9 Å². The SMILES string of the molecule is O=C(Nc1nnc(-c2ccc(F)cc2F)o1)C1CCCN(S(=O)(=O)c2ccc(F)cc2)C1. The average molecular weight is 466 g/mol. The van der Waals surface area contributed by atoms with Gasteiger partial charge in [-0.05, 0) is 49.2 Å². The van der Waals surface area contributed by atoms with E-state index in [0.717, 1.165) is 24.3 Å². The van der Waals surface area contributed by atoms with Crippen LogP contribution in [0.2, 0.25) is 0 Å². The first-order chi connectivity index (χ1) is 15.2. The number of rotatable bonds is 5. The first kappa shape index (κ1) is 22.0. The number of sulfonamides is 1. The Labute approximate surface area is 181 Å². The topological polar surface area (TPSA) is 105 Å². The summed E-state index contributed by atoms with van der Waals surface area (Å²) in [7, 11) is -3.90. The van der Waals surface area contributed by atoms with Gasteiger partial charge in [-0.25, -0.2) is 21.6 Å². The molecule has 2 aromatic carbocycles. The van der Waals surface area contributed by atoms with E-state index in [2.05, 4.69) is 15.5 Å². The van der Waals surface area contributed by atoms with Crippen LogP contribution in [0.4, 0.5) is 19.2 Å². The first-order valence-corrected chi connectivity index (χ1v) is 11.0. The van der Waals surface area contributed by atoms with Gasteiger partial charge in [0.15, 0.2) is 0 Å².